The van der Waals surface area contributed by atoms with Crippen molar-refractivity contribution >= 4 is 17.3 Å². The molecule has 0 amide bonds. The van der Waals surface area contributed by atoms with Crippen LogP contribution in [0, 0.1) is 5.92 Å². The number of rotatable bonds is 3. The van der Waals surface area contributed by atoms with E-state index in [1.54, 1.807) is 0 Å². The van der Waals surface area contributed by atoms with Gasteiger partial charge in [0.2, 0.25) is 0 Å². The minimum Gasteiger partial charge on any atom is -0.486 e. The topological polar surface area (TPSA) is 33.7 Å². The van der Waals surface area contributed by atoms with E-state index >= 15 is 0 Å². The highest BCUT2D eigenvalue weighted by atomic mass is 35.5. The van der Waals surface area contributed by atoms with Crippen molar-refractivity contribution in [2.24, 2.45) is 5.92 Å². The van der Waals surface area contributed by atoms with Gasteiger partial charge >= 0.3 is 0 Å². The fraction of sp³-hybridized carbons (Fsp3) is 0.600. The van der Waals surface area contributed by atoms with Crippen molar-refractivity contribution in [1.29, 1.82) is 0 Å². The van der Waals surface area contributed by atoms with Crippen LogP contribution in [0.15, 0.2) is 12.1 Å². The maximum atomic E-state index is 6.30. The summed E-state index contributed by atoms with van der Waals surface area (Å²) in [4.78, 5) is 2.38. The molecule has 1 aromatic rings. The van der Waals surface area contributed by atoms with Gasteiger partial charge in [0.15, 0.2) is 11.5 Å². The number of hydrogen-bond donors (Lipinski definition) is 1. The van der Waals surface area contributed by atoms with E-state index in [2.05, 4.69) is 17.3 Å². The average Bonchev–Trinajstić information content (AvgIpc) is 2.47. The number of benzene rings is 1. The number of piperidine rings is 1. The highest BCUT2D eigenvalue weighted by molar-refractivity contribution is 6.33. The van der Waals surface area contributed by atoms with Gasteiger partial charge in [0, 0.05) is 18.7 Å². The monoisotopic (exact) mass is 296 g/mol. The smallest absolute Gasteiger partial charge is 0.163 e. The Kier molecular flexibility index (Phi) is 4.22. The van der Waals surface area contributed by atoms with Crippen molar-refractivity contribution in [1.82, 2.24) is 4.90 Å². The summed E-state index contributed by atoms with van der Waals surface area (Å²) < 4.78 is 11.1. The highest BCUT2D eigenvalue weighted by Gasteiger charge is 2.18. The van der Waals surface area contributed by atoms with Gasteiger partial charge in [0.1, 0.15) is 13.2 Å². The molecule has 0 atom stereocenters. The predicted molar refractivity (Wildman–Crippen MR) is 81.2 cm³/mol. The summed E-state index contributed by atoms with van der Waals surface area (Å²) in [6.07, 6.45) is 2.48. The summed E-state index contributed by atoms with van der Waals surface area (Å²) >= 11 is 6.30. The quantitative estimate of drug-likeness (QED) is 0.930. The van der Waals surface area contributed by atoms with Crippen molar-refractivity contribution in [2.45, 2.75) is 12.8 Å². The summed E-state index contributed by atoms with van der Waals surface area (Å²) in [5, 5.41) is 4.16. The zero-order valence-corrected chi connectivity index (χ0v) is 12.6. The first-order valence-corrected chi connectivity index (χ1v) is 7.62. The van der Waals surface area contributed by atoms with Gasteiger partial charge in [0.25, 0.3) is 0 Å². The number of ether oxygens (including phenoxy) is 2. The van der Waals surface area contributed by atoms with Crippen LogP contribution in [-0.4, -0.2) is 44.8 Å². The number of anilines is 1. The Balaban J connectivity index is 1.62. The lowest BCUT2D eigenvalue weighted by molar-refractivity contribution is 0.171. The second-order valence-electron chi connectivity index (χ2n) is 5.60. The van der Waals surface area contributed by atoms with E-state index < -0.39 is 0 Å². The Morgan fingerprint density at radius 1 is 1.20 bits per heavy atom. The molecule has 0 aromatic heterocycles. The number of halogens is 1. The third-order valence-corrected chi connectivity index (χ3v) is 4.36. The Labute approximate surface area is 125 Å². The highest BCUT2D eigenvalue weighted by Crippen LogP contribution is 2.38. The molecular formula is C15H21ClN2O2. The van der Waals surface area contributed by atoms with E-state index in [1.807, 2.05) is 12.1 Å². The molecule has 0 aliphatic carbocycles. The second-order valence-corrected chi connectivity index (χ2v) is 6.01. The molecule has 0 saturated carbocycles. The van der Waals surface area contributed by atoms with Crippen LogP contribution >= 0.6 is 11.6 Å². The summed E-state index contributed by atoms with van der Waals surface area (Å²) in [6, 6.07) is 3.79. The molecule has 1 N–H and O–H groups in total. The summed E-state index contributed by atoms with van der Waals surface area (Å²) in [7, 11) is 2.18. The second kappa shape index (κ2) is 6.10. The number of likely N-dealkylation sites (tertiary alicyclic amines) is 1. The van der Waals surface area contributed by atoms with Crippen LogP contribution in [0.25, 0.3) is 0 Å². The molecule has 4 nitrogen and oxygen atoms in total. The van der Waals surface area contributed by atoms with Crippen LogP contribution in [-0.2, 0) is 0 Å². The minimum absolute atomic E-state index is 0.589. The number of hydrogen-bond acceptors (Lipinski definition) is 4. The van der Waals surface area contributed by atoms with Crippen LogP contribution < -0.4 is 14.8 Å². The van der Waals surface area contributed by atoms with Crippen LogP contribution in [0.4, 0.5) is 5.69 Å². The first kappa shape index (κ1) is 13.8. The van der Waals surface area contributed by atoms with Gasteiger partial charge in [-0.05, 0) is 38.9 Å². The van der Waals surface area contributed by atoms with E-state index in [0.29, 0.717) is 18.2 Å². The Hall–Kier alpha value is -1.13. The van der Waals surface area contributed by atoms with Crippen LogP contribution in [0.2, 0.25) is 5.02 Å². The van der Waals surface area contributed by atoms with Crippen molar-refractivity contribution in [2.75, 3.05) is 45.2 Å². The minimum atomic E-state index is 0.589. The Bertz CT molecular complexity index is 473. The van der Waals surface area contributed by atoms with E-state index in [1.165, 1.54) is 25.9 Å². The maximum absolute atomic E-state index is 6.30. The molecule has 3 rings (SSSR count). The first-order chi connectivity index (χ1) is 9.72. The molecule has 110 valence electrons. The summed E-state index contributed by atoms with van der Waals surface area (Å²) in [5.41, 5.74) is 0.940. The van der Waals surface area contributed by atoms with Gasteiger partial charge in [-0.25, -0.2) is 0 Å². The molecule has 5 heteroatoms. The lowest BCUT2D eigenvalue weighted by Crippen LogP contribution is -2.33. The largest absolute Gasteiger partial charge is 0.486 e. The predicted octanol–water partition coefficient (Wildman–Crippen LogP) is 2.86. The fourth-order valence-electron chi connectivity index (χ4n) is 2.72. The number of nitrogens with zero attached hydrogens (tertiary/aromatic N) is 1. The van der Waals surface area contributed by atoms with Crippen molar-refractivity contribution in [3.8, 4) is 11.5 Å². The van der Waals surface area contributed by atoms with Crippen molar-refractivity contribution in [3.63, 3.8) is 0 Å². The zero-order chi connectivity index (χ0) is 13.9. The summed E-state index contributed by atoms with van der Waals surface area (Å²) in [5.74, 6) is 2.24. The molecule has 0 bridgehead atoms. The molecule has 2 aliphatic heterocycles. The van der Waals surface area contributed by atoms with Gasteiger partial charge in [-0.3, -0.25) is 0 Å². The Morgan fingerprint density at radius 2 is 1.85 bits per heavy atom. The van der Waals surface area contributed by atoms with E-state index in [0.717, 1.165) is 29.6 Å². The van der Waals surface area contributed by atoms with Crippen LogP contribution in [0.1, 0.15) is 12.8 Å². The number of nitrogens with one attached hydrogen (secondary N) is 1. The van der Waals surface area contributed by atoms with Gasteiger partial charge in [0.05, 0.1) is 10.7 Å². The van der Waals surface area contributed by atoms with Gasteiger partial charge < -0.3 is 19.7 Å². The molecule has 2 aliphatic rings. The normalized spacial score (nSPS) is 19.9. The standard InChI is InChI=1S/C15H21ClN2O2/c1-18-4-2-11(3-5-18)10-17-13-9-15-14(8-12(13)16)19-6-7-20-15/h8-9,11,17H,2-7,10H2,1H3. The number of fused-ring (bicyclic) bond motifs is 1. The van der Waals surface area contributed by atoms with Gasteiger partial charge in [-0.2, -0.15) is 0 Å². The maximum Gasteiger partial charge on any atom is 0.163 e. The van der Waals surface area contributed by atoms with E-state index in [-0.39, 0.29) is 0 Å². The summed E-state index contributed by atoms with van der Waals surface area (Å²) in [6.45, 7) is 4.52. The molecule has 20 heavy (non-hydrogen) atoms. The van der Waals surface area contributed by atoms with Gasteiger partial charge in [-0.1, -0.05) is 11.6 Å². The van der Waals surface area contributed by atoms with E-state index in [4.69, 9.17) is 21.1 Å². The Morgan fingerprint density at radius 3 is 2.55 bits per heavy atom. The van der Waals surface area contributed by atoms with Crippen LogP contribution in [0.5, 0.6) is 11.5 Å². The molecule has 0 spiro atoms. The van der Waals surface area contributed by atoms with Crippen LogP contribution in [0.3, 0.4) is 0 Å². The van der Waals surface area contributed by atoms with Crippen molar-refractivity contribution in [3.05, 3.63) is 17.2 Å². The zero-order valence-electron chi connectivity index (χ0n) is 11.8. The first-order valence-electron chi connectivity index (χ1n) is 7.24. The molecule has 0 unspecified atom stereocenters. The third kappa shape index (κ3) is 3.13. The molecule has 1 aromatic carbocycles. The molecule has 1 saturated heterocycles. The lowest BCUT2D eigenvalue weighted by atomic mass is 9.97. The fourth-order valence-corrected chi connectivity index (χ4v) is 2.94. The molecule has 2 heterocycles. The molecule has 0 radical (unpaired) electrons. The lowest BCUT2D eigenvalue weighted by Gasteiger charge is -2.29. The average molecular weight is 297 g/mol. The SMILES string of the molecule is CN1CCC(CNc2cc3c(cc2Cl)OCCO3)CC1. The van der Waals surface area contributed by atoms with E-state index in [9.17, 15) is 0 Å². The molecule has 1 fully saturated rings. The van der Waals surface area contributed by atoms with Gasteiger partial charge in [-0.15, -0.1) is 0 Å². The van der Waals surface area contributed by atoms with Crippen molar-refractivity contribution < 1.29 is 9.47 Å². The third-order valence-electron chi connectivity index (χ3n) is 4.05. The molecular weight excluding hydrogens is 276 g/mol.